The van der Waals surface area contributed by atoms with Crippen molar-refractivity contribution in [1.29, 1.82) is 0 Å². The van der Waals surface area contributed by atoms with Crippen molar-refractivity contribution in [2.45, 2.75) is 43.2 Å². The molecule has 0 atom stereocenters. The minimum atomic E-state index is -3.68. The van der Waals surface area contributed by atoms with Crippen LogP contribution in [0.15, 0.2) is 78.0 Å². The largest absolute Gasteiger partial charge is 0.352 e. The topological polar surface area (TPSA) is 88.2 Å². The van der Waals surface area contributed by atoms with Gasteiger partial charge in [0.15, 0.2) is 0 Å². The van der Waals surface area contributed by atoms with Crippen LogP contribution in [0.2, 0.25) is 0 Å². The molecule has 4 rings (SSSR count). The van der Waals surface area contributed by atoms with Crippen LogP contribution in [-0.2, 0) is 21.4 Å². The van der Waals surface area contributed by atoms with Crippen LogP contribution in [0, 0.1) is 11.7 Å². The number of rotatable bonds is 7. The van der Waals surface area contributed by atoms with E-state index in [1.807, 2.05) is 18.2 Å². The van der Waals surface area contributed by atoms with Gasteiger partial charge in [0.25, 0.3) is 0 Å². The van der Waals surface area contributed by atoms with E-state index in [1.54, 1.807) is 42.7 Å². The normalized spacial score (nSPS) is 18.6. The van der Waals surface area contributed by atoms with Gasteiger partial charge in [-0.3, -0.25) is 9.78 Å². The summed E-state index contributed by atoms with van der Waals surface area (Å²) in [5.41, 5.74) is 2.47. The fourth-order valence-corrected chi connectivity index (χ4v) is 5.42. The molecule has 2 N–H and O–H groups in total. The van der Waals surface area contributed by atoms with Gasteiger partial charge in [0, 0.05) is 36.5 Å². The van der Waals surface area contributed by atoms with Gasteiger partial charge in [-0.1, -0.05) is 30.3 Å². The third-order valence-corrected chi connectivity index (χ3v) is 7.46. The summed E-state index contributed by atoms with van der Waals surface area (Å²) in [5.74, 6) is -0.514. The van der Waals surface area contributed by atoms with E-state index >= 15 is 0 Å². The SMILES string of the molecule is O=C(NCc1ccc(F)cc1)C1CCC(NS(=O)(=O)c2cccc(-c3cccnc3)c2)CC1. The third kappa shape index (κ3) is 6.03. The van der Waals surface area contributed by atoms with Crippen LogP contribution in [0.25, 0.3) is 11.1 Å². The molecule has 3 aromatic rings. The molecule has 8 heteroatoms. The van der Waals surface area contributed by atoms with Gasteiger partial charge in [0.1, 0.15) is 5.82 Å². The number of halogens is 1. The molecule has 0 spiro atoms. The van der Waals surface area contributed by atoms with Crippen LogP contribution in [0.1, 0.15) is 31.2 Å². The summed E-state index contributed by atoms with van der Waals surface area (Å²) < 4.78 is 41.7. The van der Waals surface area contributed by atoms with Gasteiger partial charge in [-0.05, 0) is 67.1 Å². The minimum absolute atomic E-state index is 0.0511. The second kappa shape index (κ2) is 10.2. The van der Waals surface area contributed by atoms with Crippen LogP contribution >= 0.6 is 0 Å². The second-order valence-electron chi connectivity index (χ2n) is 8.28. The lowest BCUT2D eigenvalue weighted by Crippen LogP contribution is -2.40. The molecule has 1 aromatic heterocycles. The number of nitrogens with one attached hydrogen (secondary N) is 2. The highest BCUT2D eigenvalue weighted by Crippen LogP contribution is 2.27. The molecule has 0 bridgehead atoms. The van der Waals surface area contributed by atoms with Crippen molar-refractivity contribution in [1.82, 2.24) is 15.0 Å². The number of benzene rings is 2. The Labute approximate surface area is 193 Å². The molecule has 2 aromatic carbocycles. The molecule has 0 aliphatic heterocycles. The van der Waals surface area contributed by atoms with E-state index in [-0.39, 0.29) is 28.6 Å². The Bertz CT molecular complexity index is 1190. The fourth-order valence-electron chi connectivity index (χ4n) is 4.07. The predicted molar refractivity (Wildman–Crippen MR) is 124 cm³/mol. The van der Waals surface area contributed by atoms with Gasteiger partial charge < -0.3 is 5.32 Å². The Morgan fingerprint density at radius 3 is 2.39 bits per heavy atom. The maximum Gasteiger partial charge on any atom is 0.240 e. The maximum atomic E-state index is 13.0. The molecule has 6 nitrogen and oxygen atoms in total. The van der Waals surface area contributed by atoms with Crippen LogP contribution in [0.4, 0.5) is 4.39 Å². The Morgan fingerprint density at radius 2 is 1.70 bits per heavy atom. The van der Waals surface area contributed by atoms with Crippen LogP contribution in [0.3, 0.4) is 0 Å². The van der Waals surface area contributed by atoms with Crippen molar-refractivity contribution in [2.75, 3.05) is 0 Å². The lowest BCUT2D eigenvalue weighted by molar-refractivity contribution is -0.126. The predicted octanol–water partition coefficient (Wildman–Crippen LogP) is 4.04. The first kappa shape index (κ1) is 23.1. The lowest BCUT2D eigenvalue weighted by atomic mass is 9.86. The monoisotopic (exact) mass is 467 g/mol. The first-order valence-corrected chi connectivity index (χ1v) is 12.4. The average molecular weight is 468 g/mol. The molecule has 1 heterocycles. The molecular formula is C25H26FN3O3S. The van der Waals surface area contributed by atoms with E-state index in [2.05, 4.69) is 15.0 Å². The van der Waals surface area contributed by atoms with E-state index in [1.165, 1.54) is 12.1 Å². The number of pyridine rings is 1. The quantitative estimate of drug-likeness (QED) is 0.549. The number of aromatic nitrogens is 1. The number of nitrogens with zero attached hydrogens (tertiary/aromatic N) is 1. The summed E-state index contributed by atoms with van der Waals surface area (Å²) >= 11 is 0. The van der Waals surface area contributed by atoms with Gasteiger partial charge in [0.05, 0.1) is 4.90 Å². The third-order valence-electron chi connectivity index (χ3n) is 5.94. The van der Waals surface area contributed by atoms with Crippen LogP contribution in [-0.4, -0.2) is 25.4 Å². The van der Waals surface area contributed by atoms with Crippen molar-refractivity contribution in [3.63, 3.8) is 0 Å². The molecule has 0 radical (unpaired) electrons. The molecule has 1 aliphatic carbocycles. The van der Waals surface area contributed by atoms with E-state index in [9.17, 15) is 17.6 Å². The van der Waals surface area contributed by atoms with Crippen molar-refractivity contribution in [3.8, 4) is 11.1 Å². The Kier molecular flexibility index (Phi) is 7.15. The summed E-state index contributed by atoms with van der Waals surface area (Å²) in [7, 11) is -3.68. The number of amides is 1. The second-order valence-corrected chi connectivity index (χ2v) is 10.00. The van der Waals surface area contributed by atoms with E-state index in [0.29, 0.717) is 32.2 Å². The fraction of sp³-hybridized carbons (Fsp3) is 0.280. The molecule has 1 fully saturated rings. The zero-order valence-corrected chi connectivity index (χ0v) is 18.9. The number of sulfonamides is 1. The lowest BCUT2D eigenvalue weighted by Gasteiger charge is -2.28. The summed E-state index contributed by atoms with van der Waals surface area (Å²) in [6.45, 7) is 0.346. The molecule has 1 aliphatic rings. The summed E-state index contributed by atoms with van der Waals surface area (Å²) in [6.07, 6.45) is 5.77. The first-order valence-electron chi connectivity index (χ1n) is 11.0. The van der Waals surface area contributed by atoms with E-state index in [0.717, 1.165) is 16.7 Å². The van der Waals surface area contributed by atoms with Gasteiger partial charge in [-0.15, -0.1) is 0 Å². The summed E-state index contributed by atoms with van der Waals surface area (Å²) in [4.78, 5) is 16.8. The van der Waals surface area contributed by atoms with Crippen LogP contribution < -0.4 is 10.0 Å². The molecule has 0 unspecified atom stereocenters. The average Bonchev–Trinajstić information content (AvgIpc) is 2.84. The van der Waals surface area contributed by atoms with Crippen molar-refractivity contribution in [2.24, 2.45) is 5.92 Å². The minimum Gasteiger partial charge on any atom is -0.352 e. The standard InChI is InChI=1S/C25H26FN3O3S/c26-22-10-6-18(7-11-22)16-28-25(30)19-8-12-23(13-9-19)29-33(31,32)24-5-1-3-20(15-24)21-4-2-14-27-17-21/h1-7,10-11,14-15,17,19,23,29H,8-9,12-13,16H2,(H,28,30). The van der Waals surface area contributed by atoms with E-state index in [4.69, 9.17) is 0 Å². The van der Waals surface area contributed by atoms with Crippen LogP contribution in [0.5, 0.6) is 0 Å². The highest BCUT2D eigenvalue weighted by molar-refractivity contribution is 7.89. The molecule has 172 valence electrons. The number of carbonyl (C=O) groups excluding carboxylic acids is 1. The Balaban J connectivity index is 1.31. The first-order chi connectivity index (χ1) is 15.9. The van der Waals surface area contributed by atoms with Gasteiger partial charge in [-0.25, -0.2) is 17.5 Å². The zero-order valence-electron chi connectivity index (χ0n) is 18.1. The Hall–Kier alpha value is -3.10. The number of carbonyl (C=O) groups is 1. The molecule has 1 amide bonds. The van der Waals surface area contributed by atoms with Gasteiger partial charge in [-0.2, -0.15) is 0 Å². The number of hydrogen-bond acceptors (Lipinski definition) is 4. The van der Waals surface area contributed by atoms with Gasteiger partial charge in [0.2, 0.25) is 15.9 Å². The van der Waals surface area contributed by atoms with Crippen molar-refractivity contribution in [3.05, 3.63) is 84.4 Å². The maximum absolute atomic E-state index is 13.0. The number of hydrogen-bond donors (Lipinski definition) is 2. The van der Waals surface area contributed by atoms with E-state index < -0.39 is 10.0 Å². The molecule has 1 saturated carbocycles. The zero-order chi connectivity index (χ0) is 23.3. The van der Waals surface area contributed by atoms with Gasteiger partial charge >= 0.3 is 0 Å². The molecular weight excluding hydrogens is 441 g/mol. The van der Waals surface area contributed by atoms with Crippen molar-refractivity contribution >= 4 is 15.9 Å². The van der Waals surface area contributed by atoms with Crippen molar-refractivity contribution < 1.29 is 17.6 Å². The molecule has 0 saturated heterocycles. The highest BCUT2D eigenvalue weighted by atomic mass is 32.2. The highest BCUT2D eigenvalue weighted by Gasteiger charge is 2.29. The summed E-state index contributed by atoms with van der Waals surface area (Å²) in [5, 5.41) is 2.89. The molecule has 33 heavy (non-hydrogen) atoms. The smallest absolute Gasteiger partial charge is 0.240 e. The Morgan fingerprint density at radius 1 is 0.970 bits per heavy atom. The summed E-state index contributed by atoms with van der Waals surface area (Å²) in [6, 6.07) is 16.3.